The highest BCUT2D eigenvalue weighted by Gasteiger charge is 2.08. The van der Waals surface area contributed by atoms with Crippen molar-refractivity contribution in [2.24, 2.45) is 10.9 Å². The van der Waals surface area contributed by atoms with Crippen LogP contribution >= 0.6 is 23.2 Å². The first-order chi connectivity index (χ1) is 10.2. The van der Waals surface area contributed by atoms with Gasteiger partial charge in [-0.05, 0) is 12.1 Å². The summed E-state index contributed by atoms with van der Waals surface area (Å²) < 4.78 is 10.4. The Hall–Kier alpha value is -0.850. The molecule has 1 rings (SSSR count). The highest BCUT2D eigenvalue weighted by atomic mass is 35.5. The molecule has 0 aromatic heterocycles. The van der Waals surface area contributed by atoms with Crippen molar-refractivity contribution >= 4 is 28.9 Å². The summed E-state index contributed by atoms with van der Waals surface area (Å²) in [6.07, 6.45) is 0.590. The summed E-state index contributed by atoms with van der Waals surface area (Å²) in [6, 6.07) is 5.32. The third-order valence-electron chi connectivity index (χ3n) is 2.55. The smallest absolute Gasteiger partial charge is 0.129 e. The van der Waals surface area contributed by atoms with Gasteiger partial charge in [-0.15, -0.1) is 0 Å². The van der Waals surface area contributed by atoms with Crippen molar-refractivity contribution in [3.8, 4) is 0 Å². The van der Waals surface area contributed by atoms with Gasteiger partial charge >= 0.3 is 0 Å². The van der Waals surface area contributed by atoms with Crippen LogP contribution in [-0.4, -0.2) is 45.8 Å². The van der Waals surface area contributed by atoms with E-state index < -0.39 is 0 Å². The molecule has 2 N–H and O–H groups in total. The standard InChI is InChI=1S/C14H20Cl2N2O3/c1-19-8-9-20-6-4-14(18-21-7-5-17)11-2-3-12(15)13(16)10-11/h2-3,10H,4-9,17H2,1H3. The van der Waals surface area contributed by atoms with Gasteiger partial charge in [-0.1, -0.05) is 34.4 Å². The fourth-order valence-corrected chi connectivity index (χ4v) is 1.81. The quantitative estimate of drug-likeness (QED) is 0.406. The van der Waals surface area contributed by atoms with Crippen molar-refractivity contribution < 1.29 is 14.3 Å². The van der Waals surface area contributed by atoms with Crippen molar-refractivity contribution in [2.75, 3.05) is 40.1 Å². The second-order valence-corrected chi connectivity index (χ2v) is 4.96. The van der Waals surface area contributed by atoms with Gasteiger partial charge in [0.15, 0.2) is 0 Å². The number of halogens is 2. The SMILES string of the molecule is COCCOCCC(=NOCCN)c1ccc(Cl)c(Cl)c1. The minimum atomic E-state index is 0.357. The van der Waals surface area contributed by atoms with Gasteiger partial charge < -0.3 is 20.0 Å². The third kappa shape index (κ3) is 7.11. The lowest BCUT2D eigenvalue weighted by Crippen LogP contribution is -2.11. The summed E-state index contributed by atoms with van der Waals surface area (Å²) in [6.45, 7) is 2.37. The Morgan fingerprint density at radius 3 is 2.62 bits per heavy atom. The lowest BCUT2D eigenvalue weighted by atomic mass is 10.1. The summed E-state index contributed by atoms with van der Waals surface area (Å²) in [7, 11) is 1.63. The lowest BCUT2D eigenvalue weighted by Gasteiger charge is -2.09. The number of nitrogens with two attached hydrogens (primary N) is 1. The van der Waals surface area contributed by atoms with Crippen LogP contribution in [0.15, 0.2) is 23.4 Å². The summed E-state index contributed by atoms with van der Waals surface area (Å²) in [5, 5.41) is 5.07. The average molecular weight is 335 g/mol. The predicted molar refractivity (Wildman–Crippen MR) is 85.3 cm³/mol. The Balaban J connectivity index is 2.67. The van der Waals surface area contributed by atoms with Gasteiger partial charge in [0.05, 0.1) is 35.6 Å². The van der Waals surface area contributed by atoms with Crippen LogP contribution < -0.4 is 5.73 Å². The van der Waals surface area contributed by atoms with Crippen molar-refractivity contribution in [1.29, 1.82) is 0 Å². The molecule has 1 aromatic rings. The van der Waals surface area contributed by atoms with Gasteiger partial charge in [0.2, 0.25) is 0 Å². The molecule has 0 aliphatic heterocycles. The fraction of sp³-hybridized carbons (Fsp3) is 0.500. The number of hydrogen-bond donors (Lipinski definition) is 1. The molecule has 0 fully saturated rings. The van der Waals surface area contributed by atoms with E-state index in [2.05, 4.69) is 5.16 Å². The normalized spacial score (nSPS) is 11.7. The number of rotatable bonds is 10. The van der Waals surface area contributed by atoms with Crippen LogP contribution in [0.5, 0.6) is 0 Å². The van der Waals surface area contributed by atoms with Crippen LogP contribution in [0.3, 0.4) is 0 Å². The second-order valence-electron chi connectivity index (χ2n) is 4.14. The van der Waals surface area contributed by atoms with Crippen molar-refractivity contribution in [3.05, 3.63) is 33.8 Å². The van der Waals surface area contributed by atoms with Crippen LogP contribution in [0.4, 0.5) is 0 Å². The zero-order valence-corrected chi connectivity index (χ0v) is 13.5. The number of hydrogen-bond acceptors (Lipinski definition) is 5. The second kappa shape index (κ2) is 10.8. The molecule has 0 saturated carbocycles. The van der Waals surface area contributed by atoms with E-state index >= 15 is 0 Å². The Morgan fingerprint density at radius 2 is 1.95 bits per heavy atom. The van der Waals surface area contributed by atoms with E-state index in [0.29, 0.717) is 49.4 Å². The largest absolute Gasteiger partial charge is 0.394 e. The van der Waals surface area contributed by atoms with E-state index in [9.17, 15) is 0 Å². The molecule has 0 saturated heterocycles. The highest BCUT2D eigenvalue weighted by molar-refractivity contribution is 6.42. The molecule has 21 heavy (non-hydrogen) atoms. The predicted octanol–water partition coefficient (Wildman–Crippen LogP) is 2.73. The van der Waals surface area contributed by atoms with Crippen molar-refractivity contribution in [2.45, 2.75) is 6.42 Å². The molecule has 0 spiro atoms. The number of methoxy groups -OCH3 is 1. The number of oxime groups is 1. The van der Waals surface area contributed by atoms with E-state index in [1.165, 1.54) is 0 Å². The molecule has 0 atom stereocenters. The van der Waals surface area contributed by atoms with E-state index in [0.717, 1.165) is 11.3 Å². The Bertz CT molecular complexity index is 456. The van der Waals surface area contributed by atoms with Crippen LogP contribution in [0.2, 0.25) is 10.0 Å². The topological polar surface area (TPSA) is 66.1 Å². The Kier molecular flexibility index (Phi) is 9.37. The molecule has 0 unspecified atom stereocenters. The summed E-state index contributed by atoms with van der Waals surface area (Å²) in [5.41, 5.74) is 6.96. The zero-order chi connectivity index (χ0) is 15.5. The Morgan fingerprint density at radius 1 is 1.14 bits per heavy atom. The van der Waals surface area contributed by atoms with Crippen molar-refractivity contribution in [1.82, 2.24) is 0 Å². The molecule has 0 radical (unpaired) electrons. The van der Waals surface area contributed by atoms with E-state index in [-0.39, 0.29) is 0 Å². The zero-order valence-electron chi connectivity index (χ0n) is 12.0. The first-order valence-electron chi connectivity index (χ1n) is 6.60. The van der Waals surface area contributed by atoms with E-state index in [4.69, 9.17) is 43.2 Å². The first kappa shape index (κ1) is 18.2. The van der Waals surface area contributed by atoms with Gasteiger partial charge in [-0.25, -0.2) is 0 Å². The van der Waals surface area contributed by atoms with E-state index in [1.807, 2.05) is 6.07 Å². The summed E-state index contributed by atoms with van der Waals surface area (Å²) in [4.78, 5) is 5.15. The number of nitrogens with zero attached hydrogens (tertiary/aromatic N) is 1. The van der Waals surface area contributed by atoms with E-state index in [1.54, 1.807) is 19.2 Å². The van der Waals surface area contributed by atoms with Crippen LogP contribution in [-0.2, 0) is 14.3 Å². The van der Waals surface area contributed by atoms with Gasteiger partial charge in [0.25, 0.3) is 0 Å². The highest BCUT2D eigenvalue weighted by Crippen LogP contribution is 2.23. The van der Waals surface area contributed by atoms with Gasteiger partial charge in [-0.2, -0.15) is 0 Å². The summed E-state index contributed by atoms with van der Waals surface area (Å²) >= 11 is 11.9. The Labute approximate surface area is 134 Å². The van der Waals surface area contributed by atoms with Crippen LogP contribution in [0.25, 0.3) is 0 Å². The molecule has 118 valence electrons. The summed E-state index contributed by atoms with van der Waals surface area (Å²) in [5.74, 6) is 0. The number of ether oxygens (including phenoxy) is 2. The van der Waals surface area contributed by atoms with Gasteiger partial charge in [-0.3, -0.25) is 0 Å². The first-order valence-corrected chi connectivity index (χ1v) is 7.35. The minimum Gasteiger partial charge on any atom is -0.394 e. The van der Waals surface area contributed by atoms with Crippen LogP contribution in [0.1, 0.15) is 12.0 Å². The third-order valence-corrected chi connectivity index (χ3v) is 3.29. The average Bonchev–Trinajstić information content (AvgIpc) is 2.48. The fourth-order valence-electron chi connectivity index (χ4n) is 1.51. The maximum absolute atomic E-state index is 6.03. The molecule has 0 amide bonds. The molecule has 0 bridgehead atoms. The number of benzene rings is 1. The van der Waals surface area contributed by atoms with Crippen molar-refractivity contribution in [3.63, 3.8) is 0 Å². The lowest BCUT2D eigenvalue weighted by molar-refractivity contribution is 0.0737. The molecule has 0 aliphatic carbocycles. The molecule has 5 nitrogen and oxygen atoms in total. The molecule has 7 heteroatoms. The molecule has 1 aromatic carbocycles. The minimum absolute atomic E-state index is 0.357. The van der Waals surface area contributed by atoms with Gasteiger partial charge in [0.1, 0.15) is 6.61 Å². The molecular formula is C14H20Cl2N2O3. The van der Waals surface area contributed by atoms with Crippen LogP contribution in [0, 0.1) is 0 Å². The monoisotopic (exact) mass is 334 g/mol. The van der Waals surface area contributed by atoms with Gasteiger partial charge in [0, 0.05) is 25.6 Å². The molecule has 0 heterocycles. The maximum Gasteiger partial charge on any atom is 0.129 e. The molecular weight excluding hydrogens is 315 g/mol. The maximum atomic E-state index is 6.03. The molecule has 0 aliphatic rings.